The molecule has 1 rings (SSSR count). The van der Waals surface area contributed by atoms with E-state index < -0.39 is 5.82 Å². The van der Waals surface area contributed by atoms with Gasteiger partial charge in [-0.1, -0.05) is 5.92 Å². The molecule has 0 unspecified atom stereocenters. The number of nitrogens with two attached hydrogens (primary N) is 3. The molecule has 1 aromatic rings. The van der Waals surface area contributed by atoms with E-state index in [0.717, 1.165) is 6.07 Å². The summed E-state index contributed by atoms with van der Waals surface area (Å²) in [5.74, 6) is 1.25. The van der Waals surface area contributed by atoms with Gasteiger partial charge in [0.2, 0.25) is 5.96 Å². The minimum absolute atomic E-state index is 0.152. The van der Waals surface area contributed by atoms with E-state index in [2.05, 4.69) is 15.9 Å². The summed E-state index contributed by atoms with van der Waals surface area (Å²) in [5, 5.41) is 0. The Balaban J connectivity index is 3.04. The Morgan fingerprint density at radius 3 is 2.50 bits per heavy atom. The van der Waals surface area contributed by atoms with Crippen molar-refractivity contribution in [1.82, 2.24) is 0 Å². The van der Waals surface area contributed by atoms with Crippen LogP contribution >= 0.6 is 0 Å². The second-order valence-corrected chi connectivity index (χ2v) is 2.82. The summed E-state index contributed by atoms with van der Waals surface area (Å²) in [6.45, 7) is 0. The molecule has 0 bridgehead atoms. The average Bonchev–Trinajstić information content (AvgIpc) is 2.16. The maximum atomic E-state index is 13.2. The van der Waals surface area contributed by atoms with Gasteiger partial charge in [-0.15, -0.1) is 6.42 Å². The lowest BCUT2D eigenvalue weighted by Gasteiger charge is -1.98. The molecule has 5 nitrogen and oxygen atoms in total. The van der Waals surface area contributed by atoms with Gasteiger partial charge in [0.25, 0.3) is 0 Å². The molecular weight excluding hydrogens is 209 g/mol. The van der Waals surface area contributed by atoms with E-state index >= 15 is 0 Å². The molecule has 6 N–H and O–H groups in total. The van der Waals surface area contributed by atoms with E-state index in [1.807, 2.05) is 0 Å². The molecule has 0 fully saturated rings. The topological polar surface area (TPSA) is 103 Å². The lowest BCUT2D eigenvalue weighted by Crippen LogP contribution is -2.26. The molecule has 16 heavy (non-hydrogen) atoms. The standard InChI is InChI=1S/C10H10FN5/c1-2-6-3-4-7(5-8(6)11)15-10(14)16-9(12)13/h1,3-5H,(H6,12,13,14,15,16). The molecule has 0 aliphatic heterocycles. The van der Waals surface area contributed by atoms with Crippen molar-refractivity contribution in [3.8, 4) is 12.3 Å². The molecule has 1 aromatic carbocycles. The fraction of sp³-hybridized carbons (Fsp3) is 0. The maximum Gasteiger partial charge on any atom is 0.223 e. The van der Waals surface area contributed by atoms with Crippen molar-refractivity contribution in [3.05, 3.63) is 29.6 Å². The summed E-state index contributed by atoms with van der Waals surface area (Å²) in [5.41, 5.74) is 16.0. The SMILES string of the molecule is C#Cc1ccc(N=C(N)N=C(N)N)cc1F. The van der Waals surface area contributed by atoms with Crippen LogP contribution in [0.1, 0.15) is 5.56 Å². The van der Waals surface area contributed by atoms with E-state index in [4.69, 9.17) is 23.6 Å². The van der Waals surface area contributed by atoms with Crippen LogP contribution in [0.3, 0.4) is 0 Å². The third-order valence-corrected chi connectivity index (χ3v) is 1.60. The van der Waals surface area contributed by atoms with Crippen molar-refractivity contribution in [2.24, 2.45) is 27.2 Å². The van der Waals surface area contributed by atoms with Crippen molar-refractivity contribution in [3.63, 3.8) is 0 Å². The minimum Gasteiger partial charge on any atom is -0.370 e. The Morgan fingerprint density at radius 2 is 2.00 bits per heavy atom. The minimum atomic E-state index is -0.554. The molecule has 6 heteroatoms. The van der Waals surface area contributed by atoms with Gasteiger partial charge >= 0.3 is 0 Å². The zero-order chi connectivity index (χ0) is 12.1. The summed E-state index contributed by atoms with van der Waals surface area (Å²) in [7, 11) is 0. The number of hydrogen-bond acceptors (Lipinski definition) is 1. The number of terminal acetylenes is 1. The van der Waals surface area contributed by atoms with Gasteiger partial charge < -0.3 is 17.2 Å². The molecule has 0 saturated carbocycles. The highest BCUT2D eigenvalue weighted by Gasteiger charge is 2.00. The van der Waals surface area contributed by atoms with Gasteiger partial charge in [0.05, 0.1) is 11.3 Å². The zero-order valence-electron chi connectivity index (χ0n) is 8.31. The van der Waals surface area contributed by atoms with E-state index in [9.17, 15) is 4.39 Å². The van der Waals surface area contributed by atoms with Crippen LogP contribution in [-0.4, -0.2) is 11.9 Å². The maximum absolute atomic E-state index is 13.2. The smallest absolute Gasteiger partial charge is 0.223 e. The Labute approximate surface area is 91.9 Å². The molecule has 0 saturated heterocycles. The molecule has 82 valence electrons. The molecule has 0 amide bonds. The van der Waals surface area contributed by atoms with Crippen molar-refractivity contribution in [1.29, 1.82) is 0 Å². The fourth-order valence-electron chi connectivity index (χ4n) is 0.980. The van der Waals surface area contributed by atoms with Crippen LogP contribution < -0.4 is 17.2 Å². The third-order valence-electron chi connectivity index (χ3n) is 1.60. The van der Waals surface area contributed by atoms with E-state index in [0.29, 0.717) is 0 Å². The van der Waals surface area contributed by atoms with Gasteiger partial charge in [-0.2, -0.15) is 4.99 Å². The zero-order valence-corrected chi connectivity index (χ0v) is 8.31. The van der Waals surface area contributed by atoms with Gasteiger partial charge in [0.15, 0.2) is 5.96 Å². The summed E-state index contributed by atoms with van der Waals surface area (Å²) in [6.07, 6.45) is 5.06. The van der Waals surface area contributed by atoms with Crippen LogP contribution in [0, 0.1) is 18.2 Å². The van der Waals surface area contributed by atoms with Crippen LogP contribution in [0.15, 0.2) is 28.2 Å². The van der Waals surface area contributed by atoms with Crippen LogP contribution in [0.25, 0.3) is 0 Å². The Hall–Kier alpha value is -2.55. The number of aliphatic imine (C=N–C) groups is 2. The summed E-state index contributed by atoms with van der Waals surface area (Å²) in [4.78, 5) is 7.26. The van der Waals surface area contributed by atoms with Gasteiger partial charge in [0, 0.05) is 6.07 Å². The normalized spacial score (nSPS) is 10.6. The lowest BCUT2D eigenvalue weighted by molar-refractivity contribution is 0.625. The van der Waals surface area contributed by atoms with E-state index in [1.54, 1.807) is 0 Å². The third kappa shape index (κ3) is 2.99. The molecule has 0 atom stereocenters. The second-order valence-electron chi connectivity index (χ2n) is 2.82. The highest BCUT2D eigenvalue weighted by molar-refractivity contribution is 5.93. The van der Waals surface area contributed by atoms with Gasteiger partial charge in [-0.3, -0.25) is 0 Å². The van der Waals surface area contributed by atoms with Crippen LogP contribution in [0.2, 0.25) is 0 Å². The van der Waals surface area contributed by atoms with Crippen molar-refractivity contribution >= 4 is 17.6 Å². The lowest BCUT2D eigenvalue weighted by atomic mass is 10.2. The van der Waals surface area contributed by atoms with Crippen molar-refractivity contribution in [2.75, 3.05) is 0 Å². The molecular formula is C10H10FN5. The quantitative estimate of drug-likeness (QED) is 0.352. The Bertz CT molecular complexity index is 494. The monoisotopic (exact) mass is 219 g/mol. The molecule has 0 aromatic heterocycles. The van der Waals surface area contributed by atoms with Crippen LogP contribution in [0.4, 0.5) is 10.1 Å². The number of nitrogens with zero attached hydrogens (tertiary/aromatic N) is 2. The molecule has 0 aliphatic rings. The van der Waals surface area contributed by atoms with Gasteiger partial charge in [-0.25, -0.2) is 9.38 Å². The van der Waals surface area contributed by atoms with E-state index in [-0.39, 0.29) is 23.2 Å². The molecule has 0 heterocycles. The largest absolute Gasteiger partial charge is 0.370 e. The number of halogens is 1. The first-order valence-corrected chi connectivity index (χ1v) is 4.23. The van der Waals surface area contributed by atoms with Crippen LogP contribution in [-0.2, 0) is 0 Å². The fourth-order valence-corrected chi connectivity index (χ4v) is 0.980. The van der Waals surface area contributed by atoms with Crippen molar-refractivity contribution in [2.45, 2.75) is 0 Å². The van der Waals surface area contributed by atoms with Crippen molar-refractivity contribution < 1.29 is 4.39 Å². The molecule has 0 radical (unpaired) electrons. The number of benzene rings is 1. The highest BCUT2D eigenvalue weighted by atomic mass is 19.1. The Morgan fingerprint density at radius 1 is 1.31 bits per heavy atom. The first-order valence-electron chi connectivity index (χ1n) is 4.23. The van der Waals surface area contributed by atoms with Crippen LogP contribution in [0.5, 0.6) is 0 Å². The predicted molar refractivity (Wildman–Crippen MR) is 61.4 cm³/mol. The van der Waals surface area contributed by atoms with Gasteiger partial charge in [-0.05, 0) is 12.1 Å². The summed E-state index contributed by atoms with van der Waals surface area (Å²) < 4.78 is 13.2. The molecule has 0 aliphatic carbocycles. The molecule has 0 spiro atoms. The Kier molecular flexibility index (Phi) is 3.45. The first-order chi connectivity index (χ1) is 7.52. The number of guanidine groups is 2. The summed E-state index contributed by atoms with van der Waals surface area (Å²) >= 11 is 0. The first kappa shape index (κ1) is 11.5. The highest BCUT2D eigenvalue weighted by Crippen LogP contribution is 2.16. The summed E-state index contributed by atoms with van der Waals surface area (Å²) in [6, 6.07) is 4.06. The number of hydrogen-bond donors (Lipinski definition) is 3. The van der Waals surface area contributed by atoms with E-state index in [1.165, 1.54) is 12.1 Å². The van der Waals surface area contributed by atoms with Gasteiger partial charge in [0.1, 0.15) is 5.82 Å². The second kappa shape index (κ2) is 4.79. The predicted octanol–water partition coefficient (Wildman–Crippen LogP) is 0.0266. The number of rotatable bonds is 1. The average molecular weight is 219 g/mol.